The van der Waals surface area contributed by atoms with Crippen LogP contribution >= 0.6 is 11.9 Å². The van der Waals surface area contributed by atoms with Crippen molar-refractivity contribution in [1.82, 2.24) is 0 Å². The van der Waals surface area contributed by atoms with Gasteiger partial charge in [0.15, 0.2) is 0 Å². The van der Waals surface area contributed by atoms with Crippen LogP contribution in [0.3, 0.4) is 0 Å². The minimum Gasteiger partial charge on any atom is -0.351 e. The lowest BCUT2D eigenvalue weighted by Crippen LogP contribution is -2.45. The number of methoxy groups -OCH3 is 1. The summed E-state index contributed by atoms with van der Waals surface area (Å²) in [6.07, 6.45) is 0.245. The van der Waals surface area contributed by atoms with E-state index in [0.717, 1.165) is 6.42 Å². The van der Waals surface area contributed by atoms with E-state index in [2.05, 4.69) is 0 Å². The molecule has 0 amide bonds. The van der Waals surface area contributed by atoms with E-state index in [1.54, 1.807) is 6.92 Å². The highest BCUT2D eigenvalue weighted by molar-refractivity contribution is 6.07. The number of rotatable bonds is 8. The largest absolute Gasteiger partial charge is 0.351 e. The van der Waals surface area contributed by atoms with Crippen LogP contribution in [0, 0.1) is 0 Å². The van der Waals surface area contributed by atoms with Crippen LogP contribution in [0.1, 0.15) is 27.2 Å². The Morgan fingerprint density at radius 2 is 2.00 bits per heavy atom. The molecular weight excluding hydrogens is 208 g/mol. The Morgan fingerprint density at radius 1 is 1.36 bits per heavy atom. The lowest BCUT2D eigenvalue weighted by molar-refractivity contribution is -0.307. The van der Waals surface area contributed by atoms with E-state index < -0.39 is 12.1 Å². The normalized spacial score (nSPS) is 17.8. The molecule has 0 spiro atoms. The van der Waals surface area contributed by atoms with E-state index in [-0.39, 0.29) is 0 Å². The number of halogens is 1. The fraction of sp³-hybridized carbons (Fsp3) is 1.00. The first-order valence-corrected chi connectivity index (χ1v) is 5.03. The minimum absolute atomic E-state index is 0.504. The van der Waals surface area contributed by atoms with Crippen molar-refractivity contribution in [2.75, 3.05) is 20.3 Å². The van der Waals surface area contributed by atoms with Gasteiger partial charge in [0.2, 0.25) is 12.1 Å². The first-order chi connectivity index (χ1) is 6.64. The molecule has 0 bridgehead atoms. The van der Waals surface area contributed by atoms with Crippen LogP contribution in [0.4, 0.5) is 0 Å². The van der Waals surface area contributed by atoms with Gasteiger partial charge in [-0.15, -0.1) is 0 Å². The molecule has 2 unspecified atom stereocenters. The molecule has 0 N–H and O–H groups in total. The zero-order chi connectivity index (χ0) is 11.0. The van der Waals surface area contributed by atoms with Crippen molar-refractivity contribution in [2.24, 2.45) is 0 Å². The fourth-order valence-electron chi connectivity index (χ4n) is 1.02. The summed E-state index contributed by atoms with van der Waals surface area (Å²) in [6.45, 7) is 6.58. The number of hydrogen-bond acceptors (Lipinski definition) is 4. The summed E-state index contributed by atoms with van der Waals surface area (Å²) in [5.74, 6) is -1.07. The van der Waals surface area contributed by atoms with E-state index in [1.165, 1.54) is 7.11 Å². The maximum atomic E-state index is 5.43. The summed E-state index contributed by atoms with van der Waals surface area (Å²) in [5, 5.41) is 0. The van der Waals surface area contributed by atoms with Crippen molar-refractivity contribution in [3.8, 4) is 0 Å². The maximum Gasteiger partial charge on any atom is 0.236 e. The predicted molar refractivity (Wildman–Crippen MR) is 54.0 cm³/mol. The smallest absolute Gasteiger partial charge is 0.236 e. The molecule has 14 heavy (non-hydrogen) atoms. The Labute approximate surface area is 90.6 Å². The zero-order valence-corrected chi connectivity index (χ0v) is 9.97. The van der Waals surface area contributed by atoms with Gasteiger partial charge in [-0.25, -0.2) is 4.29 Å². The lowest BCUT2D eigenvalue weighted by atomic mass is 10.3. The average molecular weight is 227 g/mol. The van der Waals surface area contributed by atoms with E-state index in [4.69, 9.17) is 30.4 Å². The molecule has 0 aromatic rings. The third-order valence-corrected chi connectivity index (χ3v) is 2.01. The summed E-state index contributed by atoms with van der Waals surface area (Å²) in [6, 6.07) is 0. The lowest BCUT2D eigenvalue weighted by Gasteiger charge is -2.32. The van der Waals surface area contributed by atoms with Crippen molar-refractivity contribution in [2.45, 2.75) is 39.3 Å². The molecule has 0 aromatic heterocycles. The third kappa shape index (κ3) is 4.11. The molecule has 0 fully saturated rings. The number of hydrogen-bond donors (Lipinski definition) is 0. The van der Waals surface area contributed by atoms with Crippen LogP contribution < -0.4 is 0 Å². The average Bonchev–Trinajstić information content (AvgIpc) is 2.22. The Hall–Kier alpha value is 0.130. The van der Waals surface area contributed by atoms with E-state index >= 15 is 0 Å². The Kier molecular flexibility index (Phi) is 7.49. The van der Waals surface area contributed by atoms with E-state index in [1.807, 2.05) is 13.8 Å². The first-order valence-electron chi connectivity index (χ1n) is 4.72. The highest BCUT2D eigenvalue weighted by atomic mass is 35.5. The second kappa shape index (κ2) is 7.43. The highest BCUT2D eigenvalue weighted by Gasteiger charge is 2.38. The Morgan fingerprint density at radius 3 is 2.36 bits per heavy atom. The third-order valence-electron chi connectivity index (χ3n) is 1.71. The summed E-state index contributed by atoms with van der Waals surface area (Å²) in [5.41, 5.74) is 0. The van der Waals surface area contributed by atoms with Gasteiger partial charge in [0.05, 0.1) is 18.5 Å². The summed E-state index contributed by atoms with van der Waals surface area (Å²) in [4.78, 5) is 0. The fourth-order valence-corrected chi connectivity index (χ4v) is 1.13. The molecule has 0 aliphatic carbocycles. The monoisotopic (exact) mass is 226 g/mol. The molecule has 0 radical (unpaired) electrons. The van der Waals surface area contributed by atoms with E-state index in [0.29, 0.717) is 13.2 Å². The van der Waals surface area contributed by atoms with Gasteiger partial charge in [-0.05, 0) is 20.3 Å². The molecule has 0 heterocycles. The zero-order valence-electron chi connectivity index (χ0n) is 9.21. The molecular formula is C9H19ClO4. The molecule has 4 nitrogen and oxygen atoms in total. The van der Waals surface area contributed by atoms with Gasteiger partial charge < -0.3 is 14.2 Å². The maximum absolute atomic E-state index is 5.43. The summed E-state index contributed by atoms with van der Waals surface area (Å²) in [7, 11) is 1.52. The topological polar surface area (TPSA) is 36.9 Å². The van der Waals surface area contributed by atoms with Gasteiger partial charge in [0, 0.05) is 13.7 Å². The summed E-state index contributed by atoms with van der Waals surface area (Å²) >= 11 is 5.37. The Balaban J connectivity index is 4.28. The first kappa shape index (κ1) is 14.1. The van der Waals surface area contributed by atoms with Gasteiger partial charge in [-0.2, -0.15) is 0 Å². The van der Waals surface area contributed by atoms with Crippen LogP contribution in [0.2, 0.25) is 0 Å². The molecule has 0 saturated carbocycles. The van der Waals surface area contributed by atoms with Crippen molar-refractivity contribution in [3.05, 3.63) is 0 Å². The predicted octanol–water partition coefficient (Wildman–Crippen LogP) is 2.31. The highest BCUT2D eigenvalue weighted by Crippen LogP contribution is 2.23. The van der Waals surface area contributed by atoms with Crippen LogP contribution in [0.15, 0.2) is 0 Å². The second-order valence-corrected chi connectivity index (χ2v) is 3.12. The minimum atomic E-state index is -1.07. The number of ether oxygens (including phenoxy) is 3. The van der Waals surface area contributed by atoms with Crippen LogP contribution in [0.5, 0.6) is 0 Å². The van der Waals surface area contributed by atoms with Gasteiger partial charge in [0.1, 0.15) is 0 Å². The van der Waals surface area contributed by atoms with Crippen LogP contribution in [0.25, 0.3) is 0 Å². The molecule has 0 saturated heterocycles. The van der Waals surface area contributed by atoms with E-state index in [9.17, 15) is 0 Å². The van der Waals surface area contributed by atoms with Gasteiger partial charge in [0.25, 0.3) is 0 Å². The molecule has 0 aromatic carbocycles. The van der Waals surface area contributed by atoms with Crippen LogP contribution in [-0.2, 0) is 18.5 Å². The quantitative estimate of drug-likeness (QED) is 0.596. The van der Waals surface area contributed by atoms with Gasteiger partial charge >= 0.3 is 0 Å². The molecule has 0 aliphatic heterocycles. The molecule has 0 aliphatic rings. The SMILES string of the molecule is CCCOC(C)(OCl)C(OC)OCC. The molecule has 0 rings (SSSR count). The molecule has 5 heteroatoms. The van der Waals surface area contributed by atoms with Crippen molar-refractivity contribution in [3.63, 3.8) is 0 Å². The molecule has 86 valence electrons. The standard InChI is InChI=1S/C9H19ClO4/c1-5-7-13-9(3,14-10)8(11-4)12-6-2/h8H,5-7H2,1-4H3. The molecule has 2 atom stereocenters. The second-order valence-electron chi connectivity index (χ2n) is 2.96. The van der Waals surface area contributed by atoms with Crippen molar-refractivity contribution >= 4 is 11.9 Å². The van der Waals surface area contributed by atoms with Crippen molar-refractivity contribution < 1.29 is 18.5 Å². The van der Waals surface area contributed by atoms with Crippen molar-refractivity contribution in [1.29, 1.82) is 0 Å². The van der Waals surface area contributed by atoms with Gasteiger partial charge in [-0.3, -0.25) is 0 Å². The van der Waals surface area contributed by atoms with Crippen LogP contribution in [-0.4, -0.2) is 32.4 Å². The van der Waals surface area contributed by atoms with Gasteiger partial charge in [-0.1, -0.05) is 6.92 Å². The summed E-state index contributed by atoms with van der Waals surface area (Å²) < 4.78 is 20.5. The Bertz CT molecular complexity index is 145.